The molecule has 30 heavy (non-hydrogen) atoms. The molecule has 0 aliphatic rings. The number of anilines is 5. The second-order valence-electron chi connectivity index (χ2n) is 6.76. The van der Waals surface area contributed by atoms with Crippen molar-refractivity contribution >= 4 is 40.4 Å². The van der Waals surface area contributed by atoms with Crippen LogP contribution in [0, 0.1) is 6.92 Å². The SMILES string of the molecule is Cc1c(Cl)cccc1Nc1ncnc(N(Cc2ccccc2)c2ccccn2)c1N. The van der Waals surface area contributed by atoms with Crippen LogP contribution in [0.2, 0.25) is 5.02 Å². The molecular formula is C23H21ClN6. The molecule has 0 unspecified atom stereocenters. The van der Waals surface area contributed by atoms with Crippen molar-refractivity contribution in [2.45, 2.75) is 13.5 Å². The summed E-state index contributed by atoms with van der Waals surface area (Å²) in [6, 6.07) is 21.5. The Hall–Kier alpha value is -3.64. The first-order chi connectivity index (χ1) is 14.6. The second kappa shape index (κ2) is 8.80. The number of benzene rings is 2. The zero-order chi connectivity index (χ0) is 20.9. The van der Waals surface area contributed by atoms with Crippen molar-refractivity contribution in [1.29, 1.82) is 0 Å². The van der Waals surface area contributed by atoms with Crippen molar-refractivity contribution < 1.29 is 0 Å². The number of rotatable bonds is 6. The fourth-order valence-electron chi connectivity index (χ4n) is 3.12. The van der Waals surface area contributed by atoms with Gasteiger partial charge in [-0.05, 0) is 42.3 Å². The van der Waals surface area contributed by atoms with Gasteiger partial charge in [0.25, 0.3) is 0 Å². The Morgan fingerprint density at radius 3 is 2.50 bits per heavy atom. The van der Waals surface area contributed by atoms with Crippen molar-refractivity contribution in [3.8, 4) is 0 Å². The zero-order valence-electron chi connectivity index (χ0n) is 16.5. The van der Waals surface area contributed by atoms with Crippen molar-refractivity contribution in [2.75, 3.05) is 16.0 Å². The molecule has 2 heterocycles. The number of pyridine rings is 1. The molecule has 4 aromatic rings. The average molecular weight is 417 g/mol. The first-order valence-electron chi connectivity index (χ1n) is 9.48. The van der Waals surface area contributed by atoms with Gasteiger partial charge in [0.2, 0.25) is 0 Å². The fourth-order valence-corrected chi connectivity index (χ4v) is 3.29. The Labute approximate surface area is 180 Å². The molecule has 0 amide bonds. The summed E-state index contributed by atoms with van der Waals surface area (Å²) in [5.41, 5.74) is 9.82. The summed E-state index contributed by atoms with van der Waals surface area (Å²) in [5, 5.41) is 3.96. The first-order valence-corrected chi connectivity index (χ1v) is 9.86. The smallest absolute Gasteiger partial charge is 0.163 e. The molecule has 2 aromatic carbocycles. The van der Waals surface area contributed by atoms with Gasteiger partial charge in [-0.3, -0.25) is 0 Å². The third-order valence-electron chi connectivity index (χ3n) is 4.75. The summed E-state index contributed by atoms with van der Waals surface area (Å²) < 4.78 is 0. The summed E-state index contributed by atoms with van der Waals surface area (Å²) in [7, 11) is 0. The number of halogens is 1. The van der Waals surface area contributed by atoms with Gasteiger partial charge in [0.05, 0.1) is 6.54 Å². The van der Waals surface area contributed by atoms with Gasteiger partial charge in [0, 0.05) is 16.9 Å². The minimum absolute atomic E-state index is 0.429. The van der Waals surface area contributed by atoms with Crippen LogP contribution in [0.4, 0.5) is 28.8 Å². The molecule has 0 saturated heterocycles. The Balaban J connectivity index is 1.74. The van der Waals surface area contributed by atoms with E-state index in [1.807, 2.05) is 66.4 Å². The minimum atomic E-state index is 0.429. The summed E-state index contributed by atoms with van der Waals surface area (Å²) in [4.78, 5) is 15.3. The summed E-state index contributed by atoms with van der Waals surface area (Å²) in [6.07, 6.45) is 3.24. The Morgan fingerprint density at radius 2 is 1.73 bits per heavy atom. The van der Waals surface area contributed by atoms with E-state index in [-0.39, 0.29) is 0 Å². The van der Waals surface area contributed by atoms with Crippen molar-refractivity contribution in [2.24, 2.45) is 0 Å². The number of aromatic nitrogens is 3. The molecule has 0 aliphatic heterocycles. The Bertz CT molecular complexity index is 1140. The molecule has 0 fully saturated rings. The van der Waals surface area contributed by atoms with Crippen LogP contribution >= 0.6 is 11.6 Å². The molecule has 0 radical (unpaired) electrons. The molecule has 0 bridgehead atoms. The predicted molar refractivity (Wildman–Crippen MR) is 122 cm³/mol. The number of nitrogens with two attached hydrogens (primary N) is 1. The van der Waals surface area contributed by atoms with Crippen molar-refractivity contribution in [1.82, 2.24) is 15.0 Å². The number of nitrogens with zero attached hydrogens (tertiary/aromatic N) is 4. The topological polar surface area (TPSA) is 80.0 Å². The van der Waals surface area contributed by atoms with E-state index >= 15 is 0 Å². The quantitative estimate of drug-likeness (QED) is 0.432. The fraction of sp³-hybridized carbons (Fsp3) is 0.0870. The lowest BCUT2D eigenvalue weighted by atomic mass is 10.2. The van der Waals surface area contributed by atoms with Crippen LogP contribution in [-0.2, 0) is 6.54 Å². The maximum absolute atomic E-state index is 6.52. The summed E-state index contributed by atoms with van der Waals surface area (Å²) in [6.45, 7) is 2.51. The van der Waals surface area contributed by atoms with E-state index in [0.717, 1.165) is 22.6 Å². The third-order valence-corrected chi connectivity index (χ3v) is 5.16. The van der Waals surface area contributed by atoms with E-state index in [1.165, 1.54) is 6.33 Å². The molecule has 0 atom stereocenters. The Kier molecular flexibility index (Phi) is 5.77. The van der Waals surface area contributed by atoms with Gasteiger partial charge in [-0.1, -0.05) is 54.1 Å². The highest BCUT2D eigenvalue weighted by Crippen LogP contribution is 2.34. The molecule has 4 rings (SSSR count). The zero-order valence-corrected chi connectivity index (χ0v) is 17.2. The van der Waals surface area contributed by atoms with E-state index < -0.39 is 0 Å². The van der Waals surface area contributed by atoms with Crippen molar-refractivity contribution in [3.63, 3.8) is 0 Å². The average Bonchev–Trinajstić information content (AvgIpc) is 2.78. The lowest BCUT2D eigenvalue weighted by Crippen LogP contribution is -2.21. The van der Waals surface area contributed by atoms with Crippen LogP contribution in [0.15, 0.2) is 79.3 Å². The van der Waals surface area contributed by atoms with Crippen LogP contribution in [0.5, 0.6) is 0 Å². The number of nitrogen functional groups attached to an aromatic ring is 1. The molecule has 7 heteroatoms. The number of hydrogen-bond acceptors (Lipinski definition) is 6. The van der Waals surface area contributed by atoms with Gasteiger partial charge in [-0.15, -0.1) is 0 Å². The maximum atomic E-state index is 6.52. The molecule has 2 aromatic heterocycles. The summed E-state index contributed by atoms with van der Waals surface area (Å²) >= 11 is 6.25. The van der Waals surface area contributed by atoms with E-state index in [2.05, 4.69) is 32.4 Å². The van der Waals surface area contributed by atoms with Gasteiger partial charge in [-0.2, -0.15) is 0 Å². The summed E-state index contributed by atoms with van der Waals surface area (Å²) in [5.74, 6) is 1.84. The maximum Gasteiger partial charge on any atom is 0.163 e. The lowest BCUT2D eigenvalue weighted by molar-refractivity contribution is 0.918. The van der Waals surface area contributed by atoms with Crippen LogP contribution in [0.1, 0.15) is 11.1 Å². The molecule has 3 N–H and O–H groups in total. The third kappa shape index (κ3) is 4.18. The second-order valence-corrected chi connectivity index (χ2v) is 7.16. The van der Waals surface area contributed by atoms with Gasteiger partial charge >= 0.3 is 0 Å². The Morgan fingerprint density at radius 1 is 0.933 bits per heavy atom. The molecule has 0 saturated carbocycles. The lowest BCUT2D eigenvalue weighted by Gasteiger charge is -2.25. The highest BCUT2D eigenvalue weighted by Gasteiger charge is 2.19. The standard InChI is InChI=1S/C23H21ClN6/c1-16-18(24)10-7-11-19(16)29-22-21(25)23(28-15-27-22)30(20-12-5-6-13-26-20)14-17-8-3-2-4-9-17/h2-13,15H,14,25H2,1H3,(H,27,28,29). The van der Waals surface area contributed by atoms with Crippen LogP contribution in [-0.4, -0.2) is 15.0 Å². The van der Waals surface area contributed by atoms with E-state index in [0.29, 0.717) is 28.9 Å². The number of hydrogen-bond donors (Lipinski definition) is 2. The van der Waals surface area contributed by atoms with Crippen LogP contribution in [0.25, 0.3) is 0 Å². The molecule has 150 valence electrons. The van der Waals surface area contributed by atoms with Crippen LogP contribution in [0.3, 0.4) is 0 Å². The van der Waals surface area contributed by atoms with Crippen molar-refractivity contribution in [3.05, 3.63) is 95.4 Å². The van der Waals surface area contributed by atoms with Crippen LogP contribution < -0.4 is 16.0 Å². The van der Waals surface area contributed by atoms with Gasteiger partial charge in [0.1, 0.15) is 17.8 Å². The highest BCUT2D eigenvalue weighted by molar-refractivity contribution is 6.31. The number of nitrogens with one attached hydrogen (secondary N) is 1. The van der Waals surface area contributed by atoms with E-state index in [1.54, 1.807) is 6.20 Å². The molecule has 6 nitrogen and oxygen atoms in total. The largest absolute Gasteiger partial charge is 0.393 e. The van der Waals surface area contributed by atoms with E-state index in [4.69, 9.17) is 17.3 Å². The minimum Gasteiger partial charge on any atom is -0.393 e. The van der Waals surface area contributed by atoms with E-state index in [9.17, 15) is 0 Å². The first kappa shape index (κ1) is 19.7. The molecular weight excluding hydrogens is 396 g/mol. The molecule has 0 spiro atoms. The highest BCUT2D eigenvalue weighted by atomic mass is 35.5. The van der Waals surface area contributed by atoms with Gasteiger partial charge < -0.3 is 16.0 Å². The normalized spacial score (nSPS) is 10.6. The monoisotopic (exact) mass is 416 g/mol. The molecule has 0 aliphatic carbocycles. The predicted octanol–water partition coefficient (Wildman–Crippen LogP) is 5.50. The van der Waals surface area contributed by atoms with Gasteiger partial charge in [-0.25, -0.2) is 15.0 Å². The van der Waals surface area contributed by atoms with Gasteiger partial charge in [0.15, 0.2) is 11.6 Å².